The molecule has 1 saturated heterocycles. The summed E-state index contributed by atoms with van der Waals surface area (Å²) < 4.78 is 24.5. The summed E-state index contributed by atoms with van der Waals surface area (Å²) >= 11 is 0. The predicted octanol–water partition coefficient (Wildman–Crippen LogP) is 6.24. The van der Waals surface area contributed by atoms with Gasteiger partial charge in [-0.1, -0.05) is 44.1 Å². The van der Waals surface area contributed by atoms with Gasteiger partial charge in [0.25, 0.3) is 0 Å². The van der Waals surface area contributed by atoms with Crippen molar-refractivity contribution in [2.75, 3.05) is 13.7 Å². The molecule has 0 aliphatic carbocycles. The fourth-order valence-corrected chi connectivity index (χ4v) is 4.39. The van der Waals surface area contributed by atoms with Crippen LogP contribution in [0.3, 0.4) is 0 Å². The van der Waals surface area contributed by atoms with Crippen LogP contribution < -0.4 is 0 Å². The van der Waals surface area contributed by atoms with E-state index in [0.717, 1.165) is 12.8 Å². The first kappa shape index (κ1) is 25.6. The average molecular weight is 413 g/mol. The Balaban J connectivity index is 2.59. The molecule has 0 aromatic heterocycles. The molecule has 1 fully saturated rings. The van der Waals surface area contributed by atoms with Crippen LogP contribution in [0.1, 0.15) is 67.7 Å². The second-order valence-corrected chi connectivity index (χ2v) is 14.6. The normalized spacial score (nSPS) is 27.0. The van der Waals surface area contributed by atoms with Gasteiger partial charge in [0.15, 0.2) is 14.6 Å². The monoisotopic (exact) mass is 412 g/mol. The Morgan fingerprint density at radius 1 is 1.14 bits per heavy atom. The summed E-state index contributed by atoms with van der Waals surface area (Å²) in [4.78, 5) is 0. The van der Waals surface area contributed by atoms with Crippen molar-refractivity contribution >= 4 is 8.32 Å². The number of allylic oxidation sites excluding steroid dienone is 3. The Bertz CT molecular complexity index is 529. The third-order valence-electron chi connectivity index (χ3n) is 5.97. The second kappa shape index (κ2) is 11.1. The lowest BCUT2D eigenvalue weighted by atomic mass is 10.0. The Morgan fingerprint density at radius 3 is 2.32 bits per heavy atom. The van der Waals surface area contributed by atoms with E-state index < -0.39 is 8.32 Å². The second-order valence-electron chi connectivity index (χ2n) is 9.83. The van der Waals surface area contributed by atoms with E-state index in [4.69, 9.17) is 18.6 Å². The van der Waals surface area contributed by atoms with Gasteiger partial charge in [-0.2, -0.15) is 0 Å². The lowest BCUT2D eigenvalue weighted by molar-refractivity contribution is -0.243. The van der Waals surface area contributed by atoms with E-state index in [1.165, 1.54) is 11.1 Å². The third-order valence-corrected chi connectivity index (χ3v) is 10.4. The predicted molar refractivity (Wildman–Crippen MR) is 120 cm³/mol. The standard InChI is InChI=1S/C23H44O4Si/c1-17(2)12-11-13-18(3)14-15-25-21-16-20(24-8)22(19(4)26-21)27-28(9,10)23(5,6)7/h12,14,19-22H,11,13,15-16H2,1-10H3/b18-14+/t19-,20-,21-,22-/m0/s1. The van der Waals surface area contributed by atoms with E-state index in [2.05, 4.69) is 73.7 Å². The molecule has 4 nitrogen and oxygen atoms in total. The van der Waals surface area contributed by atoms with Crippen LogP contribution in [-0.2, 0) is 18.6 Å². The lowest BCUT2D eigenvalue weighted by Crippen LogP contribution is -2.55. The summed E-state index contributed by atoms with van der Waals surface area (Å²) in [6.45, 7) is 20.4. The van der Waals surface area contributed by atoms with E-state index in [9.17, 15) is 0 Å². The summed E-state index contributed by atoms with van der Waals surface area (Å²) in [6.07, 6.45) is 6.92. The van der Waals surface area contributed by atoms with Crippen molar-refractivity contribution in [2.24, 2.45) is 0 Å². The van der Waals surface area contributed by atoms with Gasteiger partial charge >= 0.3 is 0 Å². The molecule has 0 aromatic rings. The molecule has 28 heavy (non-hydrogen) atoms. The number of rotatable bonds is 9. The van der Waals surface area contributed by atoms with Crippen molar-refractivity contribution in [2.45, 2.75) is 110 Å². The van der Waals surface area contributed by atoms with Crippen molar-refractivity contribution in [3.63, 3.8) is 0 Å². The topological polar surface area (TPSA) is 36.9 Å². The maximum atomic E-state index is 6.63. The van der Waals surface area contributed by atoms with Gasteiger partial charge < -0.3 is 18.6 Å². The van der Waals surface area contributed by atoms with E-state index in [1.807, 2.05) is 0 Å². The third kappa shape index (κ3) is 8.11. The SMILES string of the molecule is CO[C@H]1C[C@@H](OC/C=C(\C)CCC=C(C)C)O[C@@H](C)[C@@H]1O[Si](C)(C)C(C)(C)C. The van der Waals surface area contributed by atoms with Crippen LogP contribution in [0.5, 0.6) is 0 Å². The maximum Gasteiger partial charge on any atom is 0.192 e. The van der Waals surface area contributed by atoms with Crippen molar-refractivity contribution in [1.82, 2.24) is 0 Å². The van der Waals surface area contributed by atoms with E-state index in [-0.39, 0.29) is 29.6 Å². The molecule has 0 bridgehead atoms. The molecule has 0 unspecified atom stereocenters. The van der Waals surface area contributed by atoms with E-state index in [1.54, 1.807) is 7.11 Å². The number of ether oxygens (including phenoxy) is 3. The van der Waals surface area contributed by atoms with Crippen molar-refractivity contribution in [3.05, 3.63) is 23.3 Å². The zero-order valence-electron chi connectivity index (χ0n) is 19.9. The van der Waals surface area contributed by atoms with Crippen LogP contribution in [0.4, 0.5) is 0 Å². The molecule has 1 aliphatic heterocycles. The largest absolute Gasteiger partial charge is 0.409 e. The molecule has 0 spiro atoms. The van der Waals surface area contributed by atoms with Crippen LogP contribution >= 0.6 is 0 Å². The summed E-state index contributed by atoms with van der Waals surface area (Å²) in [5, 5.41) is 0.159. The van der Waals surface area contributed by atoms with Crippen molar-refractivity contribution in [3.8, 4) is 0 Å². The van der Waals surface area contributed by atoms with Gasteiger partial charge in [0.1, 0.15) is 0 Å². The quantitative estimate of drug-likeness (QED) is 0.332. The Labute approximate surface area is 174 Å². The minimum Gasteiger partial charge on any atom is -0.409 e. The minimum atomic E-state index is -1.89. The Morgan fingerprint density at radius 2 is 1.79 bits per heavy atom. The molecule has 0 amide bonds. The molecule has 4 atom stereocenters. The summed E-state index contributed by atoms with van der Waals surface area (Å²) in [5.74, 6) is 0. The van der Waals surface area contributed by atoms with Crippen molar-refractivity contribution < 1.29 is 18.6 Å². The van der Waals surface area contributed by atoms with Gasteiger partial charge in [0.2, 0.25) is 0 Å². The molecule has 5 heteroatoms. The minimum absolute atomic E-state index is 0.00869. The lowest BCUT2D eigenvalue weighted by Gasteiger charge is -2.46. The molecule has 1 heterocycles. The Kier molecular flexibility index (Phi) is 10.1. The summed E-state index contributed by atoms with van der Waals surface area (Å²) in [7, 11) is -0.132. The number of hydrogen-bond donors (Lipinski definition) is 0. The van der Waals surface area contributed by atoms with Gasteiger partial charge in [0.05, 0.1) is 24.9 Å². The summed E-state index contributed by atoms with van der Waals surface area (Å²) in [5.41, 5.74) is 2.72. The van der Waals surface area contributed by atoms with Crippen LogP contribution in [0.2, 0.25) is 18.1 Å². The molecule has 0 N–H and O–H groups in total. The number of hydrogen-bond acceptors (Lipinski definition) is 4. The average Bonchev–Trinajstić information content (AvgIpc) is 2.55. The number of methoxy groups -OCH3 is 1. The van der Waals surface area contributed by atoms with Crippen molar-refractivity contribution in [1.29, 1.82) is 0 Å². The Hall–Kier alpha value is -0.463. The fourth-order valence-electron chi connectivity index (χ4n) is 3.01. The van der Waals surface area contributed by atoms with Crippen LogP contribution in [0.25, 0.3) is 0 Å². The molecular formula is C23H44O4Si. The highest BCUT2D eigenvalue weighted by Crippen LogP contribution is 2.39. The molecule has 1 aliphatic rings. The first-order valence-corrected chi connectivity index (χ1v) is 13.5. The van der Waals surface area contributed by atoms with Gasteiger partial charge in [0, 0.05) is 13.5 Å². The van der Waals surface area contributed by atoms with Crippen LogP contribution in [0, 0.1) is 0 Å². The van der Waals surface area contributed by atoms with E-state index >= 15 is 0 Å². The first-order chi connectivity index (χ1) is 12.9. The van der Waals surface area contributed by atoms with Crippen LogP contribution in [-0.4, -0.2) is 46.6 Å². The molecule has 0 aromatic carbocycles. The van der Waals surface area contributed by atoms with Gasteiger partial charge in [-0.25, -0.2) is 0 Å². The molecule has 164 valence electrons. The highest BCUT2D eigenvalue weighted by molar-refractivity contribution is 6.74. The molecule has 0 saturated carbocycles. The summed E-state index contributed by atoms with van der Waals surface area (Å²) in [6, 6.07) is 0. The van der Waals surface area contributed by atoms with Gasteiger partial charge in [-0.3, -0.25) is 0 Å². The van der Waals surface area contributed by atoms with Gasteiger partial charge in [-0.15, -0.1) is 0 Å². The highest BCUT2D eigenvalue weighted by Gasteiger charge is 2.45. The van der Waals surface area contributed by atoms with E-state index in [0.29, 0.717) is 13.0 Å². The fraction of sp³-hybridized carbons (Fsp3) is 0.826. The molecule has 1 rings (SSSR count). The highest BCUT2D eigenvalue weighted by atomic mass is 28.4. The zero-order chi connectivity index (χ0) is 21.5. The molecule has 0 radical (unpaired) electrons. The smallest absolute Gasteiger partial charge is 0.192 e. The maximum absolute atomic E-state index is 6.63. The van der Waals surface area contributed by atoms with Gasteiger partial charge in [-0.05, 0) is 58.7 Å². The zero-order valence-corrected chi connectivity index (χ0v) is 20.9. The van der Waals surface area contributed by atoms with Crippen LogP contribution in [0.15, 0.2) is 23.3 Å². The first-order valence-electron chi connectivity index (χ1n) is 10.6. The molecular weight excluding hydrogens is 368 g/mol.